The molecule has 0 saturated carbocycles. The van der Waals surface area contributed by atoms with Crippen LogP contribution in [0.2, 0.25) is 0 Å². The number of benzene rings is 1. The fraction of sp³-hybridized carbons (Fsp3) is 0.0909. The van der Waals surface area contributed by atoms with Gasteiger partial charge in [0.2, 0.25) is 6.08 Å². The number of hydrogen-bond acceptors (Lipinski definition) is 4. The van der Waals surface area contributed by atoms with Gasteiger partial charge >= 0.3 is 0 Å². The fourth-order valence-corrected chi connectivity index (χ4v) is 1.24. The van der Waals surface area contributed by atoms with Gasteiger partial charge in [0.25, 0.3) is 0 Å². The molecular weight excluding hydrogens is 192 g/mol. The minimum Gasteiger partial charge on any atom is -0.359 e. The van der Waals surface area contributed by atoms with E-state index in [0.29, 0.717) is 5.76 Å². The van der Waals surface area contributed by atoms with Gasteiger partial charge in [0, 0.05) is 11.6 Å². The summed E-state index contributed by atoms with van der Waals surface area (Å²) in [5.74, 6) is 0.553. The molecule has 1 aromatic carbocycles. The number of carbonyl (C=O) groups excluding carboxylic acids is 1. The maximum atomic E-state index is 9.90. The van der Waals surface area contributed by atoms with Crippen LogP contribution < -0.4 is 0 Å². The van der Waals surface area contributed by atoms with Crippen LogP contribution >= 0.6 is 0 Å². The predicted octanol–water partition coefficient (Wildman–Crippen LogP) is 2.18. The number of nitrogens with zero attached hydrogens (tertiary/aromatic N) is 2. The van der Waals surface area contributed by atoms with Gasteiger partial charge in [0.15, 0.2) is 5.76 Å². The van der Waals surface area contributed by atoms with Crippen molar-refractivity contribution in [2.24, 2.45) is 4.99 Å². The number of rotatable bonds is 3. The molecule has 0 aliphatic carbocycles. The van der Waals surface area contributed by atoms with E-state index < -0.39 is 0 Å². The lowest BCUT2D eigenvalue weighted by atomic mass is 10.1. The summed E-state index contributed by atoms with van der Waals surface area (Å²) in [4.78, 5) is 13.3. The number of hydrogen-bond donors (Lipinski definition) is 0. The minimum absolute atomic E-state index is 0.184. The van der Waals surface area contributed by atoms with Crippen LogP contribution in [-0.2, 0) is 11.3 Å². The Hall–Kier alpha value is -2.19. The van der Waals surface area contributed by atoms with Gasteiger partial charge in [-0.1, -0.05) is 35.5 Å². The summed E-state index contributed by atoms with van der Waals surface area (Å²) < 4.78 is 5.00. The fourth-order valence-electron chi connectivity index (χ4n) is 1.24. The molecule has 0 aliphatic rings. The Kier molecular flexibility index (Phi) is 2.72. The van der Waals surface area contributed by atoms with E-state index in [-0.39, 0.29) is 6.54 Å². The minimum atomic E-state index is 0.184. The normalized spacial score (nSPS) is 9.60. The third-order valence-corrected chi connectivity index (χ3v) is 1.93. The van der Waals surface area contributed by atoms with E-state index in [1.165, 1.54) is 6.08 Å². The summed E-state index contributed by atoms with van der Waals surface area (Å²) in [5.41, 5.74) is 1.72. The molecule has 2 aromatic rings. The van der Waals surface area contributed by atoms with Crippen LogP contribution in [0.15, 0.2) is 45.9 Å². The Morgan fingerprint density at radius 1 is 1.33 bits per heavy atom. The highest BCUT2D eigenvalue weighted by Crippen LogP contribution is 2.18. The smallest absolute Gasteiger partial charge is 0.235 e. The van der Waals surface area contributed by atoms with Crippen LogP contribution in [0.3, 0.4) is 0 Å². The van der Waals surface area contributed by atoms with Crippen LogP contribution in [0.1, 0.15) is 5.76 Å². The van der Waals surface area contributed by atoms with Crippen molar-refractivity contribution in [1.29, 1.82) is 0 Å². The van der Waals surface area contributed by atoms with Crippen LogP contribution in [0.4, 0.5) is 0 Å². The first kappa shape index (κ1) is 9.37. The van der Waals surface area contributed by atoms with E-state index in [9.17, 15) is 4.79 Å². The quantitative estimate of drug-likeness (QED) is 0.563. The van der Waals surface area contributed by atoms with E-state index in [1.54, 1.807) is 6.07 Å². The average Bonchev–Trinajstić information content (AvgIpc) is 2.76. The second-order valence-electron chi connectivity index (χ2n) is 2.95. The Morgan fingerprint density at radius 2 is 2.13 bits per heavy atom. The third-order valence-electron chi connectivity index (χ3n) is 1.93. The maximum Gasteiger partial charge on any atom is 0.235 e. The second kappa shape index (κ2) is 4.35. The Balaban J connectivity index is 2.24. The zero-order valence-corrected chi connectivity index (χ0v) is 7.88. The topological polar surface area (TPSA) is 55.5 Å². The highest BCUT2D eigenvalue weighted by molar-refractivity contribution is 5.58. The van der Waals surface area contributed by atoms with E-state index in [0.717, 1.165) is 11.3 Å². The molecule has 15 heavy (non-hydrogen) atoms. The van der Waals surface area contributed by atoms with Crippen LogP contribution in [0.25, 0.3) is 11.3 Å². The summed E-state index contributed by atoms with van der Waals surface area (Å²) >= 11 is 0. The van der Waals surface area contributed by atoms with Gasteiger partial charge in [0.05, 0.1) is 0 Å². The highest BCUT2D eigenvalue weighted by atomic mass is 16.5. The maximum absolute atomic E-state index is 9.90. The molecule has 4 heteroatoms. The third kappa shape index (κ3) is 2.18. The molecule has 0 spiro atoms. The first-order valence-corrected chi connectivity index (χ1v) is 4.45. The molecule has 0 fully saturated rings. The van der Waals surface area contributed by atoms with E-state index in [2.05, 4.69) is 10.1 Å². The van der Waals surface area contributed by atoms with Crippen LogP contribution in [0, 0.1) is 0 Å². The van der Waals surface area contributed by atoms with Gasteiger partial charge in [-0.15, -0.1) is 0 Å². The lowest BCUT2D eigenvalue weighted by Crippen LogP contribution is -1.74. The van der Waals surface area contributed by atoms with Crippen molar-refractivity contribution in [1.82, 2.24) is 5.16 Å². The first-order valence-electron chi connectivity index (χ1n) is 4.45. The monoisotopic (exact) mass is 200 g/mol. The molecule has 4 nitrogen and oxygen atoms in total. The van der Waals surface area contributed by atoms with Gasteiger partial charge in [-0.05, 0) is 0 Å². The van der Waals surface area contributed by atoms with Gasteiger partial charge in [-0.3, -0.25) is 0 Å². The van der Waals surface area contributed by atoms with Gasteiger partial charge in [-0.2, -0.15) is 4.99 Å². The largest absolute Gasteiger partial charge is 0.359 e. The molecule has 74 valence electrons. The van der Waals surface area contributed by atoms with Gasteiger partial charge < -0.3 is 4.52 Å². The van der Waals surface area contributed by atoms with Crippen molar-refractivity contribution >= 4 is 6.08 Å². The summed E-state index contributed by atoms with van der Waals surface area (Å²) in [7, 11) is 0. The molecule has 2 rings (SSSR count). The number of aromatic nitrogens is 1. The second-order valence-corrected chi connectivity index (χ2v) is 2.95. The molecule has 0 atom stereocenters. The summed E-state index contributed by atoms with van der Waals surface area (Å²) in [5, 5.41) is 3.87. The molecule has 0 saturated heterocycles. The predicted molar refractivity (Wildman–Crippen MR) is 53.8 cm³/mol. The first-order chi connectivity index (χ1) is 7.40. The van der Waals surface area contributed by atoms with Crippen molar-refractivity contribution in [3.63, 3.8) is 0 Å². The molecule has 1 aromatic heterocycles. The average molecular weight is 200 g/mol. The molecule has 1 heterocycles. The molecular formula is C11H8N2O2. The van der Waals surface area contributed by atoms with Crippen molar-refractivity contribution in [2.75, 3.05) is 0 Å². The van der Waals surface area contributed by atoms with Crippen molar-refractivity contribution in [3.05, 3.63) is 42.2 Å². The van der Waals surface area contributed by atoms with Crippen molar-refractivity contribution < 1.29 is 9.32 Å². The lowest BCUT2D eigenvalue weighted by molar-refractivity contribution is 0.387. The molecule has 0 N–H and O–H groups in total. The highest BCUT2D eigenvalue weighted by Gasteiger charge is 2.04. The Labute approximate surface area is 86.2 Å². The van der Waals surface area contributed by atoms with Crippen LogP contribution in [0.5, 0.6) is 0 Å². The van der Waals surface area contributed by atoms with E-state index >= 15 is 0 Å². The van der Waals surface area contributed by atoms with Crippen LogP contribution in [-0.4, -0.2) is 11.2 Å². The summed E-state index contributed by atoms with van der Waals surface area (Å²) in [6, 6.07) is 11.4. The lowest BCUT2D eigenvalue weighted by Gasteiger charge is -1.91. The molecule has 0 unspecified atom stereocenters. The van der Waals surface area contributed by atoms with Crippen molar-refractivity contribution in [3.8, 4) is 11.3 Å². The van der Waals surface area contributed by atoms with E-state index in [4.69, 9.17) is 4.52 Å². The molecule has 0 aliphatic heterocycles. The SMILES string of the molecule is O=C=NCc1cc(-c2ccccc2)no1. The standard InChI is InChI=1S/C11H8N2O2/c14-8-12-7-10-6-11(13-15-10)9-4-2-1-3-5-9/h1-6H,7H2. The Bertz CT molecular complexity index is 484. The molecule has 0 bridgehead atoms. The summed E-state index contributed by atoms with van der Waals surface area (Å²) in [6.45, 7) is 0.184. The number of isocyanates is 1. The zero-order chi connectivity index (χ0) is 10.5. The Morgan fingerprint density at radius 3 is 2.87 bits per heavy atom. The van der Waals surface area contributed by atoms with E-state index in [1.807, 2.05) is 30.3 Å². The molecule has 0 radical (unpaired) electrons. The van der Waals surface area contributed by atoms with Gasteiger partial charge in [-0.25, -0.2) is 4.79 Å². The molecule has 0 amide bonds. The van der Waals surface area contributed by atoms with Crippen molar-refractivity contribution in [2.45, 2.75) is 6.54 Å². The zero-order valence-electron chi connectivity index (χ0n) is 7.88. The van der Waals surface area contributed by atoms with Gasteiger partial charge in [0.1, 0.15) is 12.2 Å². The summed E-state index contributed by atoms with van der Waals surface area (Å²) in [6.07, 6.45) is 1.45. The number of aliphatic imine (C=N–C) groups is 1.